The van der Waals surface area contributed by atoms with Gasteiger partial charge in [0.25, 0.3) is 0 Å². The van der Waals surface area contributed by atoms with Crippen molar-refractivity contribution in [1.29, 1.82) is 0 Å². The molecule has 0 radical (unpaired) electrons. The highest BCUT2D eigenvalue weighted by Crippen LogP contribution is 2.24. The number of hydrogen-bond acceptors (Lipinski definition) is 3. The molecule has 1 unspecified atom stereocenters. The highest BCUT2D eigenvalue weighted by atomic mass is 16.6. The molecule has 0 bridgehead atoms. The Bertz CT molecular complexity index is 520. The van der Waals surface area contributed by atoms with Crippen LogP contribution in [-0.4, -0.2) is 34.7 Å². The Morgan fingerprint density at radius 2 is 2.14 bits per heavy atom. The van der Waals surface area contributed by atoms with Crippen LogP contribution in [0.2, 0.25) is 0 Å². The molecule has 1 aromatic heterocycles. The predicted octanol–water partition coefficient (Wildman–Crippen LogP) is 3.50. The molecule has 1 saturated heterocycles. The summed E-state index contributed by atoms with van der Waals surface area (Å²) < 4.78 is 5.43. The van der Waals surface area contributed by atoms with E-state index in [0.717, 1.165) is 31.6 Å². The van der Waals surface area contributed by atoms with E-state index in [9.17, 15) is 4.79 Å². The van der Waals surface area contributed by atoms with Gasteiger partial charge < -0.3 is 9.64 Å². The van der Waals surface area contributed by atoms with Gasteiger partial charge in [0, 0.05) is 25.0 Å². The van der Waals surface area contributed by atoms with E-state index >= 15 is 0 Å². The molecule has 21 heavy (non-hydrogen) atoms. The maximum absolute atomic E-state index is 12.1. The van der Waals surface area contributed by atoms with Crippen LogP contribution < -0.4 is 0 Å². The molecule has 0 aromatic carbocycles. The van der Waals surface area contributed by atoms with Gasteiger partial charge in [0.05, 0.1) is 0 Å². The first-order chi connectivity index (χ1) is 9.76. The van der Waals surface area contributed by atoms with E-state index in [2.05, 4.69) is 18.8 Å². The van der Waals surface area contributed by atoms with E-state index in [1.54, 1.807) is 0 Å². The molecule has 0 N–H and O–H groups in total. The van der Waals surface area contributed by atoms with Crippen molar-refractivity contribution >= 4 is 6.09 Å². The first-order valence-electron chi connectivity index (χ1n) is 7.65. The molecular weight excluding hydrogens is 264 g/mol. The molecule has 0 spiro atoms. The number of rotatable bonds is 2. The zero-order valence-corrected chi connectivity index (χ0v) is 13.8. The second kappa shape index (κ2) is 6.04. The van der Waals surface area contributed by atoms with Gasteiger partial charge in [0.1, 0.15) is 5.60 Å². The fraction of sp³-hybridized carbons (Fsp3) is 0.647. The zero-order valence-electron chi connectivity index (χ0n) is 13.8. The number of aryl methyl sites for hydroxylation is 1. The van der Waals surface area contributed by atoms with E-state index in [0.29, 0.717) is 5.92 Å². The quantitative estimate of drug-likeness (QED) is 0.837. The topological polar surface area (TPSA) is 42.4 Å². The van der Waals surface area contributed by atoms with Gasteiger partial charge in [0.2, 0.25) is 0 Å². The first kappa shape index (κ1) is 15.8. The van der Waals surface area contributed by atoms with Gasteiger partial charge in [-0.3, -0.25) is 4.98 Å². The lowest BCUT2D eigenvalue weighted by Crippen LogP contribution is -2.35. The van der Waals surface area contributed by atoms with Gasteiger partial charge in [-0.15, -0.1) is 0 Å². The Balaban J connectivity index is 1.94. The summed E-state index contributed by atoms with van der Waals surface area (Å²) in [5.74, 6) is 0.477. The Morgan fingerprint density at radius 1 is 1.43 bits per heavy atom. The van der Waals surface area contributed by atoms with Crippen LogP contribution in [-0.2, 0) is 11.2 Å². The summed E-state index contributed by atoms with van der Waals surface area (Å²) >= 11 is 0. The van der Waals surface area contributed by atoms with E-state index in [1.165, 1.54) is 11.1 Å². The summed E-state index contributed by atoms with van der Waals surface area (Å²) in [6.07, 6.45) is 3.64. The summed E-state index contributed by atoms with van der Waals surface area (Å²) in [6.45, 7) is 11.5. The molecule has 0 saturated carbocycles. The van der Waals surface area contributed by atoms with Crippen molar-refractivity contribution in [2.24, 2.45) is 5.92 Å². The van der Waals surface area contributed by atoms with E-state index in [4.69, 9.17) is 4.74 Å². The summed E-state index contributed by atoms with van der Waals surface area (Å²) in [6, 6.07) is 2.04. The van der Waals surface area contributed by atoms with Crippen LogP contribution in [0.4, 0.5) is 4.79 Å². The van der Waals surface area contributed by atoms with Gasteiger partial charge in [-0.1, -0.05) is 0 Å². The number of hydrogen-bond donors (Lipinski definition) is 0. The highest BCUT2D eigenvalue weighted by molar-refractivity contribution is 5.68. The minimum absolute atomic E-state index is 0.195. The van der Waals surface area contributed by atoms with Gasteiger partial charge >= 0.3 is 6.09 Å². The normalized spacial score (nSPS) is 18.9. The van der Waals surface area contributed by atoms with Crippen LogP contribution >= 0.6 is 0 Å². The van der Waals surface area contributed by atoms with Crippen LogP contribution in [0, 0.1) is 19.8 Å². The fourth-order valence-electron chi connectivity index (χ4n) is 2.66. The smallest absolute Gasteiger partial charge is 0.410 e. The summed E-state index contributed by atoms with van der Waals surface area (Å²) in [5, 5.41) is 0. The van der Waals surface area contributed by atoms with Crippen LogP contribution in [0.25, 0.3) is 0 Å². The van der Waals surface area contributed by atoms with Crippen molar-refractivity contribution < 1.29 is 9.53 Å². The molecule has 1 fully saturated rings. The second-order valence-electron chi connectivity index (χ2n) is 6.98. The fourth-order valence-corrected chi connectivity index (χ4v) is 2.66. The van der Waals surface area contributed by atoms with Gasteiger partial charge in [-0.2, -0.15) is 0 Å². The molecule has 2 heterocycles. The Hall–Kier alpha value is -1.58. The van der Waals surface area contributed by atoms with E-state index < -0.39 is 5.60 Å². The van der Waals surface area contributed by atoms with Crippen molar-refractivity contribution in [3.8, 4) is 0 Å². The standard InChI is InChI=1S/C17H26N2O2/c1-12-6-8-18-15(13(12)2)10-14-7-9-19(11-14)16(20)21-17(3,4)5/h6,8,14H,7,9-11H2,1-5H3. The predicted molar refractivity (Wildman–Crippen MR) is 83.3 cm³/mol. The molecule has 1 aliphatic heterocycles. The molecular formula is C17H26N2O2. The number of pyridine rings is 1. The number of amides is 1. The molecule has 0 aliphatic carbocycles. The highest BCUT2D eigenvalue weighted by Gasteiger charge is 2.30. The Labute approximate surface area is 127 Å². The maximum atomic E-state index is 12.1. The van der Waals surface area contributed by atoms with Crippen LogP contribution in [0.1, 0.15) is 44.0 Å². The first-order valence-corrected chi connectivity index (χ1v) is 7.65. The van der Waals surface area contributed by atoms with Crippen molar-refractivity contribution in [3.05, 3.63) is 29.1 Å². The Kier molecular flexibility index (Phi) is 4.55. The number of carbonyl (C=O) groups excluding carboxylic acids is 1. The summed E-state index contributed by atoms with van der Waals surface area (Å²) in [7, 11) is 0. The third-order valence-corrected chi connectivity index (χ3v) is 4.00. The van der Waals surface area contributed by atoms with Crippen LogP contribution in [0.5, 0.6) is 0 Å². The molecule has 4 nitrogen and oxygen atoms in total. The number of carbonyl (C=O) groups is 1. The lowest BCUT2D eigenvalue weighted by Gasteiger charge is -2.24. The third-order valence-electron chi connectivity index (χ3n) is 4.00. The van der Waals surface area contributed by atoms with E-state index in [-0.39, 0.29) is 6.09 Å². The summed E-state index contributed by atoms with van der Waals surface area (Å²) in [4.78, 5) is 18.4. The molecule has 4 heteroatoms. The van der Waals surface area contributed by atoms with E-state index in [1.807, 2.05) is 37.9 Å². The Morgan fingerprint density at radius 3 is 2.81 bits per heavy atom. The van der Waals surface area contributed by atoms with Gasteiger partial charge in [-0.25, -0.2) is 4.79 Å². The van der Waals surface area contributed by atoms with Crippen LogP contribution in [0.15, 0.2) is 12.3 Å². The van der Waals surface area contributed by atoms with Crippen molar-refractivity contribution in [2.45, 2.75) is 53.1 Å². The largest absolute Gasteiger partial charge is 0.444 e. The molecule has 2 rings (SSSR count). The molecule has 116 valence electrons. The van der Waals surface area contributed by atoms with Gasteiger partial charge in [0.15, 0.2) is 0 Å². The molecule has 1 amide bonds. The third kappa shape index (κ3) is 4.19. The lowest BCUT2D eigenvalue weighted by molar-refractivity contribution is 0.0288. The average Bonchev–Trinajstić information content (AvgIpc) is 2.82. The molecule has 1 atom stereocenters. The van der Waals surface area contributed by atoms with Crippen molar-refractivity contribution in [1.82, 2.24) is 9.88 Å². The minimum atomic E-state index is -0.427. The van der Waals surface area contributed by atoms with Gasteiger partial charge in [-0.05, 0) is 70.6 Å². The lowest BCUT2D eigenvalue weighted by atomic mass is 9.98. The SMILES string of the molecule is Cc1ccnc(CC2CCN(C(=O)OC(C)(C)C)C2)c1C. The average molecular weight is 290 g/mol. The summed E-state index contributed by atoms with van der Waals surface area (Å²) in [5.41, 5.74) is 3.28. The van der Waals surface area contributed by atoms with Crippen molar-refractivity contribution in [2.75, 3.05) is 13.1 Å². The maximum Gasteiger partial charge on any atom is 0.410 e. The molecule has 1 aliphatic rings. The van der Waals surface area contributed by atoms with Crippen molar-refractivity contribution in [3.63, 3.8) is 0 Å². The number of ether oxygens (including phenoxy) is 1. The molecule has 1 aromatic rings. The number of aromatic nitrogens is 1. The minimum Gasteiger partial charge on any atom is -0.444 e. The number of nitrogens with zero attached hydrogens (tertiary/aromatic N) is 2. The van der Waals surface area contributed by atoms with Crippen LogP contribution in [0.3, 0.4) is 0 Å². The monoisotopic (exact) mass is 290 g/mol. The zero-order chi connectivity index (χ0) is 15.6. The number of likely N-dealkylation sites (tertiary alicyclic amines) is 1. The second-order valence-corrected chi connectivity index (χ2v) is 6.98.